The first kappa shape index (κ1) is 11.3. The summed E-state index contributed by atoms with van der Waals surface area (Å²) in [5, 5.41) is 0. The van der Waals surface area contributed by atoms with Crippen molar-refractivity contribution in [3.63, 3.8) is 0 Å². The van der Waals surface area contributed by atoms with Crippen LogP contribution in [0.3, 0.4) is 0 Å². The van der Waals surface area contributed by atoms with E-state index in [1.807, 2.05) is 20.8 Å². The highest BCUT2D eigenvalue weighted by Crippen LogP contribution is 2.12. The van der Waals surface area contributed by atoms with Gasteiger partial charge in [0.05, 0.1) is 5.92 Å². The van der Waals surface area contributed by atoms with Crippen LogP contribution in [0.5, 0.6) is 0 Å². The molecule has 0 aromatic heterocycles. The van der Waals surface area contributed by atoms with Gasteiger partial charge in [0.2, 0.25) is 0 Å². The first-order valence-corrected chi connectivity index (χ1v) is 4.72. The summed E-state index contributed by atoms with van der Waals surface area (Å²) in [5.41, 5.74) is 0. The zero-order valence-corrected chi connectivity index (χ0v) is 8.22. The fourth-order valence-electron chi connectivity index (χ4n) is 1.28. The molecule has 0 N–H and O–H groups in total. The molecule has 2 nitrogen and oxygen atoms in total. The van der Waals surface area contributed by atoms with Crippen LogP contribution < -0.4 is 0 Å². The molecule has 0 aromatic rings. The second kappa shape index (κ2) is 5.92. The Bertz CT molecular complexity index is 145. The molecular formula is C10H18O2. The SMILES string of the molecule is CCCC(C(=O)CC)C(=O)CC. The highest BCUT2D eigenvalue weighted by molar-refractivity contribution is 6.02. The molecule has 0 aliphatic rings. The Hall–Kier alpha value is -0.660. The number of carbonyl (C=O) groups is 2. The van der Waals surface area contributed by atoms with Crippen molar-refractivity contribution in [3.05, 3.63) is 0 Å². The van der Waals surface area contributed by atoms with Crippen LogP contribution in [0.15, 0.2) is 0 Å². The average Bonchev–Trinajstić information content (AvgIpc) is 2.11. The Kier molecular flexibility index (Phi) is 5.60. The first-order chi connectivity index (χ1) is 5.67. The molecular weight excluding hydrogens is 152 g/mol. The van der Waals surface area contributed by atoms with Gasteiger partial charge in [-0.25, -0.2) is 0 Å². The van der Waals surface area contributed by atoms with Gasteiger partial charge in [0, 0.05) is 12.8 Å². The number of hydrogen-bond acceptors (Lipinski definition) is 2. The monoisotopic (exact) mass is 170 g/mol. The summed E-state index contributed by atoms with van der Waals surface area (Å²) in [6.07, 6.45) is 2.59. The van der Waals surface area contributed by atoms with Crippen LogP contribution in [0.2, 0.25) is 0 Å². The van der Waals surface area contributed by atoms with Crippen LogP contribution in [0.25, 0.3) is 0 Å². The summed E-state index contributed by atoms with van der Waals surface area (Å²) in [5.74, 6) is -0.114. The Morgan fingerprint density at radius 3 is 1.67 bits per heavy atom. The number of hydrogen-bond donors (Lipinski definition) is 0. The van der Waals surface area contributed by atoms with E-state index in [0.29, 0.717) is 12.8 Å². The summed E-state index contributed by atoms with van der Waals surface area (Å²) >= 11 is 0. The minimum absolute atomic E-state index is 0.101. The van der Waals surface area contributed by atoms with Crippen LogP contribution in [-0.2, 0) is 9.59 Å². The Morgan fingerprint density at radius 1 is 1.00 bits per heavy atom. The standard InChI is InChI=1S/C10H18O2/c1-4-7-8(9(11)5-2)10(12)6-3/h8H,4-7H2,1-3H3. The topological polar surface area (TPSA) is 34.1 Å². The van der Waals surface area contributed by atoms with Gasteiger partial charge < -0.3 is 0 Å². The Balaban J connectivity index is 4.21. The minimum atomic E-state index is -0.315. The van der Waals surface area contributed by atoms with Gasteiger partial charge in [-0.1, -0.05) is 27.2 Å². The summed E-state index contributed by atoms with van der Waals surface area (Å²) in [6, 6.07) is 0. The van der Waals surface area contributed by atoms with Crippen LogP contribution in [0, 0.1) is 5.92 Å². The van der Waals surface area contributed by atoms with E-state index in [1.165, 1.54) is 0 Å². The van der Waals surface area contributed by atoms with Crippen molar-refractivity contribution < 1.29 is 9.59 Å². The molecule has 0 aliphatic carbocycles. The number of Topliss-reactive ketones (excluding diaryl/α,β-unsaturated/α-hetero) is 2. The van der Waals surface area contributed by atoms with Gasteiger partial charge in [-0.2, -0.15) is 0 Å². The Labute approximate surface area is 74.3 Å². The molecule has 0 heterocycles. The number of rotatable bonds is 6. The van der Waals surface area contributed by atoms with Crippen molar-refractivity contribution in [2.75, 3.05) is 0 Å². The highest BCUT2D eigenvalue weighted by Gasteiger charge is 2.21. The third kappa shape index (κ3) is 3.16. The molecule has 0 saturated heterocycles. The number of ketones is 2. The minimum Gasteiger partial charge on any atom is -0.299 e. The normalized spacial score (nSPS) is 10.3. The van der Waals surface area contributed by atoms with Gasteiger partial charge in [0.15, 0.2) is 0 Å². The molecule has 0 amide bonds. The van der Waals surface area contributed by atoms with Crippen molar-refractivity contribution in [2.24, 2.45) is 5.92 Å². The fourth-order valence-corrected chi connectivity index (χ4v) is 1.28. The van der Waals surface area contributed by atoms with Crippen molar-refractivity contribution in [3.8, 4) is 0 Å². The molecule has 0 radical (unpaired) electrons. The lowest BCUT2D eigenvalue weighted by Gasteiger charge is -2.10. The number of carbonyl (C=O) groups excluding carboxylic acids is 2. The van der Waals surface area contributed by atoms with E-state index in [0.717, 1.165) is 12.8 Å². The maximum Gasteiger partial charge on any atom is 0.143 e. The van der Waals surface area contributed by atoms with Gasteiger partial charge in [-0.15, -0.1) is 0 Å². The van der Waals surface area contributed by atoms with Crippen LogP contribution in [0.1, 0.15) is 46.5 Å². The van der Waals surface area contributed by atoms with Crippen molar-refractivity contribution in [2.45, 2.75) is 46.5 Å². The second-order valence-corrected chi connectivity index (χ2v) is 2.98. The Morgan fingerprint density at radius 2 is 1.42 bits per heavy atom. The van der Waals surface area contributed by atoms with Crippen molar-refractivity contribution >= 4 is 11.6 Å². The molecule has 12 heavy (non-hydrogen) atoms. The van der Waals surface area contributed by atoms with Crippen LogP contribution >= 0.6 is 0 Å². The average molecular weight is 170 g/mol. The predicted molar refractivity (Wildman–Crippen MR) is 49.0 cm³/mol. The van der Waals surface area contributed by atoms with E-state index >= 15 is 0 Å². The molecule has 0 atom stereocenters. The van der Waals surface area contributed by atoms with Gasteiger partial charge in [0.1, 0.15) is 11.6 Å². The molecule has 0 bridgehead atoms. The summed E-state index contributed by atoms with van der Waals surface area (Å²) in [6.45, 7) is 5.63. The lowest BCUT2D eigenvalue weighted by Crippen LogP contribution is -2.22. The molecule has 0 saturated carbocycles. The molecule has 0 unspecified atom stereocenters. The van der Waals surface area contributed by atoms with Gasteiger partial charge in [-0.3, -0.25) is 9.59 Å². The molecule has 0 aromatic carbocycles. The summed E-state index contributed by atoms with van der Waals surface area (Å²) < 4.78 is 0. The predicted octanol–water partition coefficient (Wildman–Crippen LogP) is 2.36. The zero-order valence-electron chi connectivity index (χ0n) is 8.22. The fraction of sp³-hybridized carbons (Fsp3) is 0.800. The lowest BCUT2D eigenvalue weighted by atomic mass is 9.91. The smallest absolute Gasteiger partial charge is 0.143 e. The third-order valence-corrected chi connectivity index (χ3v) is 2.05. The molecule has 2 heteroatoms. The van der Waals surface area contributed by atoms with Crippen molar-refractivity contribution in [1.29, 1.82) is 0 Å². The molecule has 0 rings (SSSR count). The quantitative estimate of drug-likeness (QED) is 0.573. The van der Waals surface area contributed by atoms with E-state index in [2.05, 4.69) is 0 Å². The van der Waals surface area contributed by atoms with Crippen LogP contribution in [-0.4, -0.2) is 11.6 Å². The third-order valence-electron chi connectivity index (χ3n) is 2.05. The maximum atomic E-state index is 11.3. The van der Waals surface area contributed by atoms with E-state index in [-0.39, 0.29) is 17.5 Å². The van der Waals surface area contributed by atoms with E-state index < -0.39 is 0 Å². The largest absolute Gasteiger partial charge is 0.299 e. The lowest BCUT2D eigenvalue weighted by molar-refractivity contribution is -0.132. The van der Waals surface area contributed by atoms with Gasteiger partial charge in [-0.05, 0) is 6.42 Å². The molecule has 0 spiro atoms. The summed E-state index contributed by atoms with van der Waals surface area (Å²) in [7, 11) is 0. The first-order valence-electron chi connectivity index (χ1n) is 4.72. The highest BCUT2D eigenvalue weighted by atomic mass is 16.1. The second-order valence-electron chi connectivity index (χ2n) is 2.98. The van der Waals surface area contributed by atoms with E-state index in [1.54, 1.807) is 0 Å². The van der Waals surface area contributed by atoms with Gasteiger partial charge >= 0.3 is 0 Å². The summed E-state index contributed by atoms with van der Waals surface area (Å²) in [4.78, 5) is 22.6. The molecule has 70 valence electrons. The van der Waals surface area contributed by atoms with Crippen molar-refractivity contribution in [1.82, 2.24) is 0 Å². The molecule has 0 fully saturated rings. The van der Waals surface area contributed by atoms with E-state index in [4.69, 9.17) is 0 Å². The zero-order chi connectivity index (χ0) is 9.56. The van der Waals surface area contributed by atoms with Crippen LogP contribution in [0.4, 0.5) is 0 Å². The molecule has 0 aliphatic heterocycles. The van der Waals surface area contributed by atoms with Gasteiger partial charge in [0.25, 0.3) is 0 Å². The maximum absolute atomic E-state index is 11.3. The van der Waals surface area contributed by atoms with E-state index in [9.17, 15) is 9.59 Å².